The average Bonchev–Trinajstić information content (AvgIpc) is 2.50. The molecule has 1 aromatic rings. The van der Waals surface area contributed by atoms with Crippen molar-refractivity contribution in [2.75, 3.05) is 11.0 Å². The maximum atomic E-state index is 10.9. The summed E-state index contributed by atoms with van der Waals surface area (Å²) in [5.41, 5.74) is 0. The predicted octanol–water partition coefficient (Wildman–Crippen LogP) is 1.81. The Bertz CT molecular complexity index is 413. The minimum atomic E-state index is -3.24. The molecule has 0 aliphatic rings. The van der Waals surface area contributed by atoms with E-state index in [1.54, 1.807) is 0 Å². The zero-order valence-corrected chi connectivity index (χ0v) is 10.7. The summed E-state index contributed by atoms with van der Waals surface area (Å²) in [4.78, 5) is 0. The molecular weight excluding hydrogens is 234 g/mol. The number of anilines is 1. The summed E-state index contributed by atoms with van der Waals surface area (Å²) < 4.78 is 24.2. The largest absolute Gasteiger partial charge is 0.257 e. The van der Waals surface area contributed by atoms with Gasteiger partial charge in [-0.1, -0.05) is 31.6 Å². The van der Waals surface area contributed by atoms with E-state index in [9.17, 15) is 8.42 Å². The maximum Gasteiger partial charge on any atom is 0.231 e. The molecule has 1 aromatic heterocycles. The Hall–Kier alpha value is -0.690. The number of nitrogens with one attached hydrogen (secondary N) is 1. The van der Waals surface area contributed by atoms with Gasteiger partial charge in [-0.05, 0) is 6.42 Å². The van der Waals surface area contributed by atoms with Gasteiger partial charge in [-0.2, -0.15) is 0 Å². The Balaban J connectivity index is 2.72. The number of aromatic nitrogens is 2. The molecule has 7 heteroatoms. The van der Waals surface area contributed by atoms with Gasteiger partial charge in [-0.3, -0.25) is 4.72 Å². The van der Waals surface area contributed by atoms with Crippen LogP contribution in [0.5, 0.6) is 0 Å². The first-order chi connectivity index (χ1) is 6.92. The van der Waals surface area contributed by atoms with Crippen LogP contribution in [-0.2, 0) is 10.0 Å². The third kappa shape index (κ3) is 4.13. The molecule has 0 aliphatic carbocycles. The average molecular weight is 249 g/mol. The van der Waals surface area contributed by atoms with E-state index >= 15 is 0 Å². The smallest absolute Gasteiger partial charge is 0.231 e. The molecule has 0 aliphatic heterocycles. The molecule has 1 N–H and O–H groups in total. The summed E-state index contributed by atoms with van der Waals surface area (Å²) in [7, 11) is -3.24. The second-order valence-corrected chi connectivity index (χ2v) is 6.27. The van der Waals surface area contributed by atoms with Crippen molar-refractivity contribution in [1.29, 1.82) is 0 Å². The maximum absolute atomic E-state index is 10.9. The van der Waals surface area contributed by atoms with Gasteiger partial charge in [-0.15, -0.1) is 10.2 Å². The predicted molar refractivity (Wildman–Crippen MR) is 61.7 cm³/mol. The van der Waals surface area contributed by atoms with Gasteiger partial charge < -0.3 is 0 Å². The molecule has 15 heavy (non-hydrogen) atoms. The summed E-state index contributed by atoms with van der Waals surface area (Å²) in [5, 5.41) is 8.96. The lowest BCUT2D eigenvalue weighted by atomic mass is 10.1. The molecule has 0 amide bonds. The van der Waals surface area contributed by atoms with Crippen molar-refractivity contribution in [3.63, 3.8) is 0 Å². The van der Waals surface area contributed by atoms with Gasteiger partial charge in [0, 0.05) is 5.92 Å². The van der Waals surface area contributed by atoms with E-state index in [2.05, 4.69) is 28.8 Å². The van der Waals surface area contributed by atoms with Crippen LogP contribution in [0.4, 0.5) is 5.13 Å². The zero-order chi connectivity index (χ0) is 11.5. The molecule has 0 radical (unpaired) electrons. The number of hydrogen-bond acceptors (Lipinski definition) is 5. The first-order valence-electron chi connectivity index (χ1n) is 4.73. The standard InChI is InChI=1S/C8H15N3O2S2/c1-4-5-6(2)7-9-10-8(14-7)11-15(3,12)13/h6H,4-5H2,1-3H3,(H,10,11)/t6-/m0/s1. The van der Waals surface area contributed by atoms with Crippen LogP contribution in [0.3, 0.4) is 0 Å². The Kier molecular flexibility index (Phi) is 4.04. The van der Waals surface area contributed by atoms with Crippen molar-refractivity contribution in [2.45, 2.75) is 32.6 Å². The van der Waals surface area contributed by atoms with E-state index < -0.39 is 10.0 Å². The Morgan fingerprint density at radius 1 is 1.47 bits per heavy atom. The fraction of sp³-hybridized carbons (Fsp3) is 0.750. The minimum Gasteiger partial charge on any atom is -0.257 e. The first kappa shape index (κ1) is 12.4. The van der Waals surface area contributed by atoms with E-state index in [1.165, 1.54) is 11.3 Å². The van der Waals surface area contributed by atoms with Crippen molar-refractivity contribution in [3.05, 3.63) is 5.01 Å². The highest BCUT2D eigenvalue weighted by Crippen LogP contribution is 2.26. The molecule has 0 saturated carbocycles. The summed E-state index contributed by atoms with van der Waals surface area (Å²) in [6.07, 6.45) is 3.21. The van der Waals surface area contributed by atoms with Gasteiger partial charge in [0.1, 0.15) is 5.01 Å². The van der Waals surface area contributed by atoms with Crippen LogP contribution in [0.1, 0.15) is 37.6 Å². The van der Waals surface area contributed by atoms with Crippen molar-refractivity contribution < 1.29 is 8.42 Å². The highest BCUT2D eigenvalue weighted by molar-refractivity contribution is 7.92. The Labute approximate surface area is 94.0 Å². The van der Waals surface area contributed by atoms with E-state index in [0.29, 0.717) is 11.0 Å². The van der Waals surface area contributed by atoms with E-state index in [0.717, 1.165) is 24.1 Å². The topological polar surface area (TPSA) is 72.0 Å². The van der Waals surface area contributed by atoms with Crippen LogP contribution in [0.15, 0.2) is 0 Å². The molecule has 0 aromatic carbocycles. The summed E-state index contributed by atoms with van der Waals surface area (Å²) in [6.45, 7) is 4.17. The third-order valence-corrected chi connectivity index (χ3v) is 3.62. The van der Waals surface area contributed by atoms with Crippen LogP contribution in [-0.4, -0.2) is 24.9 Å². The highest BCUT2D eigenvalue weighted by atomic mass is 32.2. The molecule has 5 nitrogen and oxygen atoms in total. The molecular formula is C8H15N3O2S2. The summed E-state index contributed by atoms with van der Waals surface area (Å²) in [5.74, 6) is 0.336. The van der Waals surface area contributed by atoms with Gasteiger partial charge >= 0.3 is 0 Å². The highest BCUT2D eigenvalue weighted by Gasteiger charge is 2.13. The van der Waals surface area contributed by atoms with Gasteiger partial charge in [-0.25, -0.2) is 8.42 Å². The van der Waals surface area contributed by atoms with E-state index in [-0.39, 0.29) is 0 Å². The SMILES string of the molecule is CCC[C@H](C)c1nnc(NS(C)(=O)=O)s1. The van der Waals surface area contributed by atoms with Crippen molar-refractivity contribution in [1.82, 2.24) is 10.2 Å². The van der Waals surface area contributed by atoms with Gasteiger partial charge in [0.05, 0.1) is 6.26 Å². The normalized spacial score (nSPS) is 13.8. The number of hydrogen-bond donors (Lipinski definition) is 1. The lowest BCUT2D eigenvalue weighted by Gasteiger charge is -2.03. The summed E-state index contributed by atoms with van der Waals surface area (Å²) >= 11 is 1.30. The van der Waals surface area contributed by atoms with E-state index in [4.69, 9.17) is 0 Å². The van der Waals surface area contributed by atoms with Crippen molar-refractivity contribution in [2.24, 2.45) is 0 Å². The molecule has 1 heterocycles. The Morgan fingerprint density at radius 2 is 2.13 bits per heavy atom. The minimum absolute atomic E-state index is 0.336. The van der Waals surface area contributed by atoms with Crippen LogP contribution in [0.2, 0.25) is 0 Å². The molecule has 0 spiro atoms. The zero-order valence-electron chi connectivity index (χ0n) is 9.02. The molecule has 1 rings (SSSR count). The Morgan fingerprint density at radius 3 is 2.67 bits per heavy atom. The van der Waals surface area contributed by atoms with Gasteiger partial charge in [0.25, 0.3) is 0 Å². The van der Waals surface area contributed by atoms with Gasteiger partial charge in [0.15, 0.2) is 0 Å². The molecule has 0 bridgehead atoms. The monoisotopic (exact) mass is 249 g/mol. The molecule has 0 saturated heterocycles. The number of rotatable bonds is 5. The van der Waals surface area contributed by atoms with E-state index in [1.807, 2.05) is 0 Å². The van der Waals surface area contributed by atoms with Crippen molar-refractivity contribution >= 4 is 26.5 Å². The fourth-order valence-corrected chi connectivity index (χ4v) is 2.85. The summed E-state index contributed by atoms with van der Waals surface area (Å²) in [6, 6.07) is 0. The van der Waals surface area contributed by atoms with Crippen LogP contribution >= 0.6 is 11.3 Å². The number of nitrogens with zero attached hydrogens (tertiary/aromatic N) is 2. The van der Waals surface area contributed by atoms with Crippen LogP contribution in [0.25, 0.3) is 0 Å². The molecule has 1 atom stereocenters. The molecule has 0 unspecified atom stereocenters. The number of sulfonamides is 1. The fourth-order valence-electron chi connectivity index (χ4n) is 1.19. The third-order valence-electron chi connectivity index (χ3n) is 1.86. The molecule has 0 fully saturated rings. The second kappa shape index (κ2) is 4.89. The van der Waals surface area contributed by atoms with Crippen molar-refractivity contribution in [3.8, 4) is 0 Å². The lowest BCUT2D eigenvalue weighted by molar-refractivity contribution is 0.606. The lowest BCUT2D eigenvalue weighted by Crippen LogP contribution is -2.08. The second-order valence-electron chi connectivity index (χ2n) is 3.51. The quantitative estimate of drug-likeness (QED) is 0.864. The van der Waals surface area contributed by atoms with Crippen LogP contribution < -0.4 is 4.72 Å². The van der Waals surface area contributed by atoms with Gasteiger partial charge in [0.2, 0.25) is 15.2 Å². The first-order valence-corrected chi connectivity index (χ1v) is 7.44. The van der Waals surface area contributed by atoms with Crippen LogP contribution in [0, 0.1) is 0 Å². The molecule has 86 valence electrons.